The smallest absolute Gasteiger partial charge is 0.407 e. The summed E-state index contributed by atoms with van der Waals surface area (Å²) in [5.74, 6) is -4.36. The number of likely N-dealkylation sites (tertiary alicyclic amines) is 2. The molecule has 28 nitrogen and oxygen atoms in total. The van der Waals surface area contributed by atoms with Crippen LogP contribution in [0.15, 0.2) is 133 Å². The van der Waals surface area contributed by atoms with Crippen LogP contribution in [0.25, 0.3) is 0 Å². The van der Waals surface area contributed by atoms with Crippen molar-refractivity contribution in [1.29, 1.82) is 0 Å². The molecule has 3 saturated heterocycles. The number of aliphatic hydroxyl groups excluding tert-OH is 3. The van der Waals surface area contributed by atoms with E-state index in [2.05, 4.69) is 93.9 Å². The highest BCUT2D eigenvalue weighted by Crippen LogP contribution is 2.67. The van der Waals surface area contributed by atoms with Gasteiger partial charge >= 0.3 is 6.09 Å². The van der Waals surface area contributed by atoms with Crippen LogP contribution in [0.4, 0.5) is 4.79 Å². The number of amides is 11. The number of hydrogen-bond donors (Lipinski definition) is 13. The number of benzene rings is 2. The first-order chi connectivity index (χ1) is 59.5. The highest BCUT2D eigenvalue weighted by molar-refractivity contribution is 8.76. The summed E-state index contributed by atoms with van der Waals surface area (Å²) in [6, 6.07) is 6.99. The second-order valence-electron chi connectivity index (χ2n) is 37.1. The van der Waals surface area contributed by atoms with Gasteiger partial charge in [-0.1, -0.05) is 172 Å². The maximum Gasteiger partial charge on any atom is 0.407 e. The quantitative estimate of drug-likeness (QED) is 0.0146. The third-order valence-electron chi connectivity index (χ3n) is 28.1. The lowest BCUT2D eigenvalue weighted by Gasteiger charge is -2.58. The van der Waals surface area contributed by atoms with Gasteiger partial charge in [0.15, 0.2) is 12.4 Å². The van der Waals surface area contributed by atoms with Gasteiger partial charge in [-0.05, 0) is 185 Å². The first-order valence-electron chi connectivity index (χ1n) is 45.2. The first-order valence-corrected chi connectivity index (χ1v) is 47.7. The number of hydrogen-bond acceptors (Lipinski definition) is 18. The molecule has 3 aromatic rings. The number of nitrogens with zero attached hydrogens (tertiary/aromatic N) is 3. The van der Waals surface area contributed by atoms with E-state index in [4.69, 9.17) is 4.74 Å². The van der Waals surface area contributed by atoms with Crippen LogP contribution in [-0.2, 0) is 67.8 Å². The third-order valence-corrected chi connectivity index (χ3v) is 30.5. The molecule has 5 heterocycles. The Morgan fingerprint density at radius 3 is 2.09 bits per heavy atom. The Hall–Kier alpha value is -9.10. The lowest BCUT2D eigenvalue weighted by Crippen LogP contribution is -2.62. The largest absolute Gasteiger partial charge is 0.446 e. The van der Waals surface area contributed by atoms with E-state index < -0.39 is 138 Å². The SMILES string of the molecule is CC(C)CCCC(C)C1CCC2C3CC=C4CC(OC(=O)NCCCCC5NC(=O)C(CC6=CNC7C=CC=CC67)NC(=O)C(Cc6ccccc6)NC(=O)C(NC(=O)C(Cc6ccccc6)NC(=O)C6CCCN6C(=O)C6CCCN6C(=O)c6ccc[n+](C)c6)CSSCC(C(=O)NC(CO)C(C)O)NC(=O)C(C(C)O)NC5=O)CCC4(C)C3CCC12C.[2HH].[2HH]. The Bertz CT molecular complexity index is 4410. The topological polar surface area (TPSA) is 388 Å². The second kappa shape index (κ2) is 43.4. The van der Waals surface area contributed by atoms with Crippen LogP contribution in [0, 0.1) is 52.3 Å². The number of aromatic nitrogens is 1. The summed E-state index contributed by atoms with van der Waals surface area (Å²) in [7, 11) is 3.73. The molecular formula is C94H136N13O15S2+. The molecule has 1 aromatic heterocycles. The van der Waals surface area contributed by atoms with Crippen LogP contribution in [0.2, 0.25) is 0 Å². The fraction of sp³-hybridized carbons (Fsp3) is 0.617. The van der Waals surface area contributed by atoms with Gasteiger partial charge in [-0.2, -0.15) is 0 Å². The Morgan fingerprint density at radius 1 is 0.685 bits per heavy atom. The minimum Gasteiger partial charge on any atom is -0.446 e. The number of allylic oxidation sites excluding steroid dienone is 3. The number of ether oxygens (including phenoxy) is 1. The molecule has 678 valence electrons. The van der Waals surface area contributed by atoms with E-state index in [-0.39, 0.29) is 102 Å². The van der Waals surface area contributed by atoms with Gasteiger partial charge in [0, 0.05) is 65.2 Å². The maximum atomic E-state index is 15.6. The highest BCUT2D eigenvalue weighted by atomic mass is 33.1. The van der Waals surface area contributed by atoms with Crippen LogP contribution >= 0.6 is 21.6 Å². The molecule has 0 bridgehead atoms. The van der Waals surface area contributed by atoms with E-state index in [1.807, 2.05) is 24.3 Å². The van der Waals surface area contributed by atoms with Gasteiger partial charge in [0.05, 0.1) is 30.9 Å². The molecule has 2 aromatic carbocycles. The van der Waals surface area contributed by atoms with Crippen LogP contribution in [-0.4, -0.2) is 213 Å². The van der Waals surface area contributed by atoms with E-state index in [9.17, 15) is 44.1 Å². The molecule has 11 amide bonds. The van der Waals surface area contributed by atoms with Crippen molar-refractivity contribution in [3.8, 4) is 0 Å². The minimum absolute atomic E-state index is 0. The average Bonchev–Trinajstić information content (AvgIpc) is 1.42. The first kappa shape index (κ1) is 94.0. The van der Waals surface area contributed by atoms with Crippen molar-refractivity contribution in [3.05, 3.63) is 150 Å². The van der Waals surface area contributed by atoms with Crippen molar-refractivity contribution in [3.63, 3.8) is 0 Å². The molecule has 0 spiro atoms. The molecule has 13 N–H and O–H groups in total. The third kappa shape index (κ3) is 23.4. The molecular weight excluding hydrogens is 1620 g/mol. The lowest BCUT2D eigenvalue weighted by atomic mass is 9.47. The predicted molar refractivity (Wildman–Crippen MR) is 478 cm³/mol. The molecule has 124 heavy (non-hydrogen) atoms. The average molecular weight is 1750 g/mol. The number of carbonyl (C=O) groups is 11. The van der Waals surface area contributed by atoms with E-state index in [1.54, 1.807) is 108 Å². The Balaban J connectivity index is 0.00000828. The summed E-state index contributed by atoms with van der Waals surface area (Å²) in [5.41, 5.74) is 4.12. The Kier molecular flexibility index (Phi) is 32.9. The normalized spacial score (nSPS) is 30.4. The number of unbranched alkanes of at least 4 members (excludes halogenated alkanes) is 1. The van der Waals surface area contributed by atoms with Gasteiger partial charge in [-0.3, -0.25) is 47.9 Å². The van der Waals surface area contributed by atoms with E-state index >= 15 is 24.0 Å². The predicted octanol–water partition coefficient (Wildman–Crippen LogP) is 7.41. The van der Waals surface area contributed by atoms with E-state index in [0.29, 0.717) is 77.7 Å². The van der Waals surface area contributed by atoms with Crippen LogP contribution in [0.1, 0.15) is 195 Å². The number of fused-ring (bicyclic) bond motifs is 6. The Labute approximate surface area is 740 Å². The number of aryl methyl sites for hydroxylation is 1. The highest BCUT2D eigenvalue weighted by Gasteiger charge is 2.60. The van der Waals surface area contributed by atoms with Crippen LogP contribution in [0.3, 0.4) is 0 Å². The van der Waals surface area contributed by atoms with Gasteiger partial charge < -0.3 is 83.0 Å². The molecule has 5 aliphatic carbocycles. The van der Waals surface area contributed by atoms with Crippen LogP contribution in [0.5, 0.6) is 0 Å². The van der Waals surface area contributed by atoms with Crippen LogP contribution < -0.4 is 57.7 Å². The molecule has 6 fully saturated rings. The summed E-state index contributed by atoms with van der Waals surface area (Å²) in [6.07, 6.45) is 25.7. The van der Waals surface area contributed by atoms with Gasteiger partial charge in [0.1, 0.15) is 73.1 Å². The van der Waals surface area contributed by atoms with Gasteiger partial charge in [-0.15, -0.1) is 0 Å². The lowest BCUT2D eigenvalue weighted by molar-refractivity contribution is -0.671. The van der Waals surface area contributed by atoms with E-state index in [1.165, 1.54) is 69.3 Å². The second-order valence-corrected chi connectivity index (χ2v) is 39.6. The molecule has 0 radical (unpaired) electrons. The minimum atomic E-state index is -1.79. The fourth-order valence-electron chi connectivity index (χ4n) is 21.2. The zero-order valence-corrected chi connectivity index (χ0v) is 74.8. The van der Waals surface area contributed by atoms with Crippen molar-refractivity contribution in [2.24, 2.45) is 59.3 Å². The summed E-state index contributed by atoms with van der Waals surface area (Å²) in [4.78, 5) is 167. The number of carbonyl (C=O) groups excluding carboxylic acids is 11. The molecule has 9 aliphatic rings. The monoisotopic (exact) mass is 1750 g/mol. The molecule has 3 saturated carbocycles. The van der Waals surface area contributed by atoms with Crippen molar-refractivity contribution in [1.82, 2.24) is 63.0 Å². The van der Waals surface area contributed by atoms with Gasteiger partial charge in [-0.25, -0.2) is 9.36 Å². The molecule has 22 unspecified atom stereocenters. The maximum absolute atomic E-state index is 15.6. The summed E-state index contributed by atoms with van der Waals surface area (Å²) < 4.78 is 7.93. The number of aliphatic hydroxyl groups is 3. The summed E-state index contributed by atoms with van der Waals surface area (Å²) in [6.45, 7) is 14.8. The van der Waals surface area contributed by atoms with E-state index in [0.717, 1.165) is 58.6 Å². The zero-order valence-electron chi connectivity index (χ0n) is 73.2. The molecule has 4 aliphatic heterocycles. The standard InChI is InChI=1S/C94H131N13O15S2.2H2/c1-56(2)23-19-24-57(3)68-37-38-69-67-36-35-64-50-65(39-41-93(64,6)70(67)40-42-94(68,69)7)122-92(121)95-43-18-17-32-72-82(111)104-81(59(5)110)89(118)103-78(87(116)101-76(53-108)58(4)109)55-124-123-54-77(86(115)98-73(47-60-25-11-9-12-26-60)83(112)99-75(85(114)97-72)49-63-51-96-71-31-16-15-30-66(63)71)102-84(113)74(48-61-27-13-10-14-28-61)100-88(117)79-33-21-45-106(79)91(120)80-34-22-46-107(80)90(119)62-29-20-44-105(8)52-62;;/h9-16,20,25-31,35,44,51-52,56-59,65-81,96,108-110H,17-19,21-24,32-34,36-43,45-50,53-55H2,1-8H3,(H8-,95,97,98,99,100,101,102,103,104,111,112,113,114,115,116,117,118,121);2*1H/p+1/i;2*1+1. The Morgan fingerprint density at radius 2 is 1.37 bits per heavy atom. The van der Waals surface area contributed by atoms with Crippen molar-refractivity contribution < 1.29 is 80.2 Å². The number of nitrogens with one attached hydrogen (secondary N) is 10. The number of alkyl carbamates (subject to hydrolysis) is 1. The fourth-order valence-corrected chi connectivity index (χ4v) is 23.5. The zero-order chi connectivity index (χ0) is 88.5. The van der Waals surface area contributed by atoms with Crippen molar-refractivity contribution in [2.75, 3.05) is 37.7 Å². The van der Waals surface area contributed by atoms with Gasteiger partial charge in [0.2, 0.25) is 53.2 Å². The number of pyridine rings is 1. The molecule has 30 heteroatoms. The molecule has 12 rings (SSSR count). The molecule has 22 atom stereocenters. The van der Waals surface area contributed by atoms with Crippen molar-refractivity contribution in [2.45, 2.75) is 268 Å². The summed E-state index contributed by atoms with van der Waals surface area (Å²) >= 11 is 0. The number of rotatable bonds is 28. The van der Waals surface area contributed by atoms with Gasteiger partial charge in [0.25, 0.3) is 5.91 Å². The van der Waals surface area contributed by atoms with Crippen molar-refractivity contribution >= 4 is 86.8 Å². The summed E-state index contributed by atoms with van der Waals surface area (Å²) in [5, 5.41) is 61.0.